The van der Waals surface area contributed by atoms with Crippen molar-refractivity contribution in [3.8, 4) is 0 Å². The molecule has 2 aromatic rings. The Kier molecular flexibility index (Phi) is 5.26. The Morgan fingerprint density at radius 3 is 2.61 bits per heavy atom. The zero-order valence-corrected chi connectivity index (χ0v) is 14.5. The number of benzene rings is 1. The number of carbonyl (C=O) groups excluding carboxylic acids is 2. The summed E-state index contributed by atoms with van der Waals surface area (Å²) in [6.45, 7) is 5.75. The first-order chi connectivity index (χ1) is 10.9. The molecule has 0 bridgehead atoms. The van der Waals surface area contributed by atoms with Crippen LogP contribution in [0.3, 0.4) is 0 Å². The number of hydrogen-bond acceptors (Lipinski definition) is 3. The molecule has 4 nitrogen and oxygen atoms in total. The zero-order valence-electron chi connectivity index (χ0n) is 13.7. The van der Waals surface area contributed by atoms with E-state index in [9.17, 15) is 9.59 Å². The van der Waals surface area contributed by atoms with Crippen molar-refractivity contribution in [1.82, 2.24) is 4.57 Å². The maximum absolute atomic E-state index is 12.8. The normalized spacial score (nSPS) is 12.0. The topological polar surface area (TPSA) is 48.3 Å². The minimum Gasteiger partial charge on any atom is -0.465 e. The van der Waals surface area contributed by atoms with Crippen LogP contribution in [-0.4, -0.2) is 22.9 Å². The number of aromatic nitrogens is 1. The predicted molar refractivity (Wildman–Crippen MR) is 90.1 cm³/mol. The largest absolute Gasteiger partial charge is 0.465 e. The monoisotopic (exact) mass is 333 g/mol. The summed E-state index contributed by atoms with van der Waals surface area (Å²) in [6, 6.07) is 8.71. The van der Waals surface area contributed by atoms with Gasteiger partial charge in [0.15, 0.2) is 0 Å². The molecule has 23 heavy (non-hydrogen) atoms. The number of ether oxygens (including phenoxy) is 1. The molecule has 0 aliphatic heterocycles. The molecule has 0 saturated heterocycles. The van der Waals surface area contributed by atoms with E-state index in [1.54, 1.807) is 49.7 Å². The fraction of sp³-hybridized carbons (Fsp3) is 0.333. The Labute approximate surface area is 141 Å². The Morgan fingerprint density at radius 1 is 1.30 bits per heavy atom. The molecular formula is C18H20ClNO3. The summed E-state index contributed by atoms with van der Waals surface area (Å²) in [7, 11) is 1.79. The van der Waals surface area contributed by atoms with E-state index in [0.717, 1.165) is 11.3 Å². The number of carbonyl (C=O) groups is 2. The maximum Gasteiger partial charge on any atom is 0.314 e. The lowest BCUT2D eigenvalue weighted by Crippen LogP contribution is -2.17. The number of aryl methyl sites for hydroxylation is 1. The minimum absolute atomic E-state index is 0.116. The Balaban J connectivity index is 2.41. The minimum atomic E-state index is -0.431. The summed E-state index contributed by atoms with van der Waals surface area (Å²) in [4.78, 5) is 24.7. The second-order valence-electron chi connectivity index (χ2n) is 5.47. The molecule has 1 unspecified atom stereocenters. The molecular weight excluding hydrogens is 314 g/mol. The van der Waals surface area contributed by atoms with Gasteiger partial charge in [0.2, 0.25) is 5.78 Å². The highest BCUT2D eigenvalue weighted by molar-refractivity contribution is 6.31. The molecule has 1 heterocycles. The molecule has 122 valence electrons. The molecule has 0 aliphatic carbocycles. The first-order valence-corrected chi connectivity index (χ1v) is 7.87. The summed E-state index contributed by atoms with van der Waals surface area (Å²) in [5, 5.41) is 0.517. The van der Waals surface area contributed by atoms with Gasteiger partial charge in [-0.2, -0.15) is 0 Å². The number of nitrogens with zero attached hydrogens (tertiary/aromatic N) is 1. The van der Waals surface area contributed by atoms with Gasteiger partial charge in [0, 0.05) is 23.3 Å². The molecule has 0 fully saturated rings. The average Bonchev–Trinajstić information content (AvgIpc) is 2.81. The van der Waals surface area contributed by atoms with Gasteiger partial charge in [0.25, 0.3) is 0 Å². The Bertz CT molecular complexity index is 749. The summed E-state index contributed by atoms with van der Waals surface area (Å²) in [5.74, 6) is -0.843. The zero-order chi connectivity index (χ0) is 17.1. The van der Waals surface area contributed by atoms with Crippen LogP contribution in [0, 0.1) is 6.92 Å². The van der Waals surface area contributed by atoms with Crippen LogP contribution < -0.4 is 0 Å². The van der Waals surface area contributed by atoms with Gasteiger partial charge in [0.1, 0.15) is 0 Å². The molecule has 5 heteroatoms. The lowest BCUT2D eigenvalue weighted by molar-refractivity contribution is -0.144. The maximum atomic E-state index is 12.8. The lowest BCUT2D eigenvalue weighted by atomic mass is 10.1. The molecule has 0 aliphatic rings. The van der Waals surface area contributed by atoms with Crippen molar-refractivity contribution in [3.05, 3.63) is 57.9 Å². The molecule has 1 aromatic carbocycles. The average molecular weight is 334 g/mol. The molecule has 0 amide bonds. The van der Waals surface area contributed by atoms with Crippen LogP contribution in [0.1, 0.15) is 47.1 Å². The summed E-state index contributed by atoms with van der Waals surface area (Å²) in [6.07, 6.45) is 0. The smallest absolute Gasteiger partial charge is 0.314 e. The molecule has 0 saturated carbocycles. The molecule has 0 radical (unpaired) electrons. The summed E-state index contributed by atoms with van der Waals surface area (Å²) < 4.78 is 6.83. The number of hydrogen-bond donors (Lipinski definition) is 0. The van der Waals surface area contributed by atoms with Crippen molar-refractivity contribution < 1.29 is 14.3 Å². The van der Waals surface area contributed by atoms with Crippen molar-refractivity contribution in [3.63, 3.8) is 0 Å². The van der Waals surface area contributed by atoms with Gasteiger partial charge in [-0.3, -0.25) is 9.59 Å². The molecule has 2 rings (SSSR count). The number of ketones is 1. The Hall–Kier alpha value is -2.07. The Morgan fingerprint density at radius 2 is 2.00 bits per heavy atom. The van der Waals surface area contributed by atoms with Crippen LogP contribution in [0.4, 0.5) is 0 Å². The first kappa shape index (κ1) is 17.3. The number of halogens is 1. The van der Waals surface area contributed by atoms with Crippen LogP contribution in [0.5, 0.6) is 0 Å². The quantitative estimate of drug-likeness (QED) is 0.616. The van der Waals surface area contributed by atoms with E-state index in [-0.39, 0.29) is 11.8 Å². The van der Waals surface area contributed by atoms with E-state index < -0.39 is 5.92 Å². The van der Waals surface area contributed by atoms with E-state index >= 15 is 0 Å². The summed E-state index contributed by atoms with van der Waals surface area (Å²) in [5.41, 5.74) is 2.66. The summed E-state index contributed by atoms with van der Waals surface area (Å²) >= 11 is 5.97. The van der Waals surface area contributed by atoms with Crippen LogP contribution in [0.2, 0.25) is 5.02 Å². The van der Waals surface area contributed by atoms with Gasteiger partial charge in [-0.1, -0.05) is 23.7 Å². The lowest BCUT2D eigenvalue weighted by Gasteiger charge is -2.13. The van der Waals surface area contributed by atoms with Crippen molar-refractivity contribution in [1.29, 1.82) is 0 Å². The van der Waals surface area contributed by atoms with Crippen LogP contribution in [0.15, 0.2) is 30.3 Å². The van der Waals surface area contributed by atoms with Gasteiger partial charge in [-0.15, -0.1) is 0 Å². The van der Waals surface area contributed by atoms with Crippen LogP contribution >= 0.6 is 11.6 Å². The molecule has 0 N–H and O–H groups in total. The van der Waals surface area contributed by atoms with Gasteiger partial charge >= 0.3 is 5.97 Å². The predicted octanol–water partition coefficient (Wildman–Crippen LogP) is 3.88. The molecule has 1 aromatic heterocycles. The van der Waals surface area contributed by atoms with Crippen molar-refractivity contribution in [2.24, 2.45) is 7.05 Å². The fourth-order valence-electron chi connectivity index (χ4n) is 2.68. The third-order valence-electron chi connectivity index (χ3n) is 3.85. The van der Waals surface area contributed by atoms with Gasteiger partial charge in [0.05, 0.1) is 18.2 Å². The number of rotatable bonds is 5. The van der Waals surface area contributed by atoms with Crippen molar-refractivity contribution in [2.45, 2.75) is 26.7 Å². The van der Waals surface area contributed by atoms with Crippen molar-refractivity contribution >= 4 is 23.4 Å². The van der Waals surface area contributed by atoms with E-state index in [4.69, 9.17) is 16.3 Å². The van der Waals surface area contributed by atoms with Gasteiger partial charge in [-0.25, -0.2) is 0 Å². The standard InChI is InChI=1S/C18H20ClNO3/c1-5-23-18(22)12(3)15-9-11(2)16(20(15)4)17(21)13-7-6-8-14(19)10-13/h6-10,12H,5H2,1-4H3. The van der Waals surface area contributed by atoms with Crippen LogP contribution in [0.25, 0.3) is 0 Å². The van der Waals surface area contributed by atoms with Crippen LogP contribution in [-0.2, 0) is 16.6 Å². The van der Waals surface area contributed by atoms with E-state index in [2.05, 4.69) is 0 Å². The van der Waals surface area contributed by atoms with E-state index in [1.807, 2.05) is 13.0 Å². The highest BCUT2D eigenvalue weighted by Crippen LogP contribution is 2.25. The second kappa shape index (κ2) is 7.01. The van der Waals surface area contributed by atoms with Gasteiger partial charge < -0.3 is 9.30 Å². The highest BCUT2D eigenvalue weighted by Gasteiger charge is 2.25. The third-order valence-corrected chi connectivity index (χ3v) is 4.08. The molecule has 0 spiro atoms. The molecule has 1 atom stereocenters. The van der Waals surface area contributed by atoms with Gasteiger partial charge in [-0.05, 0) is 44.5 Å². The number of esters is 1. The van der Waals surface area contributed by atoms with E-state index in [1.165, 1.54) is 0 Å². The second-order valence-corrected chi connectivity index (χ2v) is 5.91. The first-order valence-electron chi connectivity index (χ1n) is 7.49. The van der Waals surface area contributed by atoms with E-state index in [0.29, 0.717) is 22.9 Å². The van der Waals surface area contributed by atoms with Crippen molar-refractivity contribution in [2.75, 3.05) is 6.61 Å². The third kappa shape index (κ3) is 3.48. The SMILES string of the molecule is CCOC(=O)C(C)c1cc(C)c(C(=O)c2cccc(Cl)c2)n1C. The fourth-order valence-corrected chi connectivity index (χ4v) is 2.87. The highest BCUT2D eigenvalue weighted by atomic mass is 35.5.